The number of hydrogen-bond donors (Lipinski definition) is 0. The Morgan fingerprint density at radius 3 is 0.616 bits per heavy atom. The van der Waals surface area contributed by atoms with Crippen molar-refractivity contribution >= 4 is 15.9 Å². The standard InChI is InChI=1S/C72H89Br/c1-61(2)21-25-65(9,10)52-33-44-40(29-48(52)61)41-30-49-53(66(11,12)26-22-62(49,3)4)34-45(41)71(44)38-69(17,18)56-37-57-59(60(73)58(56)71)72(39-70(57,19)20)46-35-54-50(63(5,6)23-27-67(54,13)14)31-42(46)43-32-51-55(36-47(43)72)68(15,16)28-24-64(51,7)8/h29-37H,21-28,38-39H2,1-20H3. The Labute approximate surface area is 451 Å². The Balaban J connectivity index is 1.19. The minimum atomic E-state index is -0.321. The van der Waals surface area contributed by atoms with Gasteiger partial charge in [0.25, 0.3) is 0 Å². The van der Waals surface area contributed by atoms with Crippen molar-refractivity contribution in [3.05, 3.63) is 148 Å². The van der Waals surface area contributed by atoms with E-state index in [1.165, 1.54) is 78.1 Å². The average Bonchev–Trinajstić information content (AvgIpc) is 3.90. The van der Waals surface area contributed by atoms with Crippen molar-refractivity contribution < 1.29 is 0 Å². The van der Waals surface area contributed by atoms with Gasteiger partial charge in [-0.25, -0.2) is 0 Å². The van der Waals surface area contributed by atoms with Gasteiger partial charge in [-0.2, -0.15) is 0 Å². The molecule has 384 valence electrons. The van der Waals surface area contributed by atoms with Crippen LogP contribution in [0.2, 0.25) is 0 Å². The van der Waals surface area contributed by atoms with Gasteiger partial charge in [-0.05, 0) is 254 Å². The normalized spacial score (nSPS) is 26.1. The van der Waals surface area contributed by atoms with Gasteiger partial charge in [-0.15, -0.1) is 0 Å². The molecule has 0 unspecified atom stereocenters. The molecule has 0 nitrogen and oxygen atoms in total. The molecule has 0 fully saturated rings. The van der Waals surface area contributed by atoms with Gasteiger partial charge in [0.2, 0.25) is 0 Å². The quantitative estimate of drug-likeness (QED) is 0.145. The van der Waals surface area contributed by atoms with Crippen LogP contribution in [0.4, 0.5) is 0 Å². The first kappa shape index (κ1) is 49.2. The maximum Gasteiger partial charge on any atom is 0.0486 e. The molecule has 2 spiro atoms. The van der Waals surface area contributed by atoms with E-state index in [1.807, 2.05) is 0 Å². The van der Waals surface area contributed by atoms with Gasteiger partial charge in [0, 0.05) is 15.3 Å². The van der Waals surface area contributed by atoms with E-state index < -0.39 is 0 Å². The second-order valence-electron chi connectivity index (χ2n) is 32.8. The van der Waals surface area contributed by atoms with Crippen molar-refractivity contribution in [1.29, 1.82) is 0 Å². The van der Waals surface area contributed by atoms with Crippen LogP contribution < -0.4 is 0 Å². The van der Waals surface area contributed by atoms with Crippen LogP contribution in [-0.4, -0.2) is 0 Å². The zero-order valence-electron chi connectivity index (χ0n) is 49.1. The fourth-order valence-corrected chi connectivity index (χ4v) is 19.3. The van der Waals surface area contributed by atoms with Crippen molar-refractivity contribution in [2.24, 2.45) is 0 Å². The molecule has 1 heteroatoms. The van der Waals surface area contributed by atoms with E-state index in [0.717, 1.165) is 12.8 Å². The molecule has 5 aromatic rings. The summed E-state index contributed by atoms with van der Waals surface area (Å²) in [5.74, 6) is 0. The third kappa shape index (κ3) is 6.03. The molecule has 0 N–H and O–H groups in total. The van der Waals surface area contributed by atoms with Gasteiger partial charge in [-0.3, -0.25) is 0 Å². The SMILES string of the molecule is CC1(C)CCC(C)(C)c2cc3c(cc21)-c1cc2c(cc1C31CC(C)(C)c3cc4c(c(Br)c31)C1(CC4(C)C)c3cc4c(cc3-c3cc5c(cc31)C(C)(C)CCC5(C)C)C(C)(C)CCC4(C)C)C(C)(C)CCC2(C)C. The Morgan fingerprint density at radius 1 is 0.233 bits per heavy atom. The fraction of sp³-hybridized carbons (Fsp3) is 0.583. The van der Waals surface area contributed by atoms with Gasteiger partial charge < -0.3 is 0 Å². The molecule has 0 saturated carbocycles. The summed E-state index contributed by atoms with van der Waals surface area (Å²) in [5.41, 5.74) is 31.4. The maximum atomic E-state index is 4.93. The molecule has 13 rings (SSSR count). The minimum absolute atomic E-state index is 0.0676. The smallest absolute Gasteiger partial charge is 0.0486 e. The van der Waals surface area contributed by atoms with E-state index in [1.54, 1.807) is 89.0 Å². The lowest BCUT2D eigenvalue weighted by Crippen LogP contribution is -2.36. The lowest BCUT2D eigenvalue weighted by molar-refractivity contribution is 0.330. The topological polar surface area (TPSA) is 0 Å². The van der Waals surface area contributed by atoms with Gasteiger partial charge in [0.15, 0.2) is 0 Å². The van der Waals surface area contributed by atoms with Crippen molar-refractivity contribution in [2.45, 2.75) is 268 Å². The molecule has 8 aliphatic carbocycles. The van der Waals surface area contributed by atoms with Gasteiger partial charge >= 0.3 is 0 Å². The first-order chi connectivity index (χ1) is 33.5. The predicted molar refractivity (Wildman–Crippen MR) is 314 cm³/mol. The van der Waals surface area contributed by atoms with E-state index in [0.29, 0.717) is 0 Å². The van der Waals surface area contributed by atoms with Crippen LogP contribution in [0.25, 0.3) is 22.3 Å². The molecule has 0 heterocycles. The molecule has 0 aliphatic heterocycles. The number of rotatable bonds is 0. The monoisotopic (exact) mass is 1030 g/mol. The first-order valence-corrected chi connectivity index (χ1v) is 29.9. The summed E-state index contributed by atoms with van der Waals surface area (Å²) in [7, 11) is 0. The highest BCUT2D eigenvalue weighted by molar-refractivity contribution is 9.10. The molecule has 0 aromatic heterocycles. The summed E-state index contributed by atoms with van der Waals surface area (Å²) in [6, 6.07) is 25.1. The second kappa shape index (κ2) is 13.8. The summed E-state index contributed by atoms with van der Waals surface area (Å²) < 4.78 is 1.40. The summed E-state index contributed by atoms with van der Waals surface area (Å²) in [6.07, 6.45) is 11.9. The molecular weight excluding hydrogens is 945 g/mol. The number of fused-ring (bicyclic) bond motifs is 18. The van der Waals surface area contributed by atoms with Crippen molar-refractivity contribution in [2.75, 3.05) is 0 Å². The fourth-order valence-electron chi connectivity index (χ4n) is 18.2. The molecule has 0 bridgehead atoms. The summed E-state index contributed by atoms with van der Waals surface area (Å²) >= 11 is 4.93. The van der Waals surface area contributed by atoms with Gasteiger partial charge in [0.05, 0.1) is 0 Å². The second-order valence-corrected chi connectivity index (χ2v) is 33.6. The van der Waals surface area contributed by atoms with E-state index in [9.17, 15) is 0 Å². The third-order valence-electron chi connectivity index (χ3n) is 23.4. The van der Waals surface area contributed by atoms with Crippen LogP contribution in [0.5, 0.6) is 0 Å². The number of hydrogen-bond acceptors (Lipinski definition) is 0. The molecule has 0 saturated heterocycles. The van der Waals surface area contributed by atoms with Crippen LogP contribution >= 0.6 is 15.9 Å². The van der Waals surface area contributed by atoms with Crippen LogP contribution in [0, 0.1) is 0 Å². The van der Waals surface area contributed by atoms with E-state index >= 15 is 0 Å². The van der Waals surface area contributed by atoms with Crippen molar-refractivity contribution in [3.63, 3.8) is 0 Å². The van der Waals surface area contributed by atoms with Crippen LogP contribution in [0.3, 0.4) is 0 Å². The number of benzene rings is 5. The molecule has 8 aliphatic rings. The number of halogens is 1. The summed E-state index contributed by atoms with van der Waals surface area (Å²) in [6.45, 7) is 51.0. The van der Waals surface area contributed by atoms with Crippen molar-refractivity contribution in [1.82, 2.24) is 0 Å². The highest BCUT2D eigenvalue weighted by atomic mass is 79.9. The maximum absolute atomic E-state index is 4.93. The molecular formula is C72H89Br. The molecule has 73 heavy (non-hydrogen) atoms. The lowest BCUT2D eigenvalue weighted by atomic mass is 9.60. The largest absolute Gasteiger partial charge is 0.0558 e. The molecule has 0 radical (unpaired) electrons. The van der Waals surface area contributed by atoms with Crippen LogP contribution in [-0.2, 0) is 65.0 Å². The van der Waals surface area contributed by atoms with E-state index in [-0.39, 0.29) is 65.0 Å². The van der Waals surface area contributed by atoms with Crippen LogP contribution in [0.1, 0.15) is 292 Å². The highest BCUT2D eigenvalue weighted by Crippen LogP contribution is 2.72. The Bertz CT molecular complexity index is 2970. The summed E-state index contributed by atoms with van der Waals surface area (Å²) in [4.78, 5) is 0. The molecule has 5 aromatic carbocycles. The average molecular weight is 1030 g/mol. The van der Waals surface area contributed by atoms with E-state index in [2.05, 4.69) is 193 Å². The first-order valence-electron chi connectivity index (χ1n) is 29.1. The Hall–Kier alpha value is -3.42. The zero-order chi connectivity index (χ0) is 52.6. The predicted octanol–water partition coefficient (Wildman–Crippen LogP) is 19.8. The third-order valence-corrected chi connectivity index (χ3v) is 24.2. The Kier molecular flexibility index (Phi) is 9.30. The zero-order valence-corrected chi connectivity index (χ0v) is 50.7. The highest BCUT2D eigenvalue weighted by Gasteiger charge is 2.63. The van der Waals surface area contributed by atoms with Gasteiger partial charge in [-0.1, -0.05) is 185 Å². The minimum Gasteiger partial charge on any atom is -0.0558 e. The summed E-state index contributed by atoms with van der Waals surface area (Å²) in [5, 5.41) is 0. The lowest BCUT2D eigenvalue weighted by Gasteiger charge is -2.44. The molecule has 0 atom stereocenters. The molecule has 0 amide bonds. The van der Waals surface area contributed by atoms with Crippen molar-refractivity contribution in [3.8, 4) is 22.3 Å². The Morgan fingerprint density at radius 2 is 0.411 bits per heavy atom. The van der Waals surface area contributed by atoms with E-state index in [4.69, 9.17) is 15.9 Å². The van der Waals surface area contributed by atoms with Gasteiger partial charge in [0.1, 0.15) is 0 Å². The van der Waals surface area contributed by atoms with Crippen LogP contribution in [0.15, 0.2) is 59.1 Å².